The van der Waals surface area contributed by atoms with Gasteiger partial charge in [0.05, 0.1) is 11.5 Å². The van der Waals surface area contributed by atoms with E-state index in [4.69, 9.17) is 9.47 Å². The van der Waals surface area contributed by atoms with Gasteiger partial charge in [0.25, 0.3) is 11.1 Å². The van der Waals surface area contributed by atoms with E-state index in [1.807, 2.05) is 13.0 Å². The highest BCUT2D eigenvalue weighted by atomic mass is 32.2. The van der Waals surface area contributed by atoms with Crippen LogP contribution in [0.3, 0.4) is 0 Å². The second-order valence-electron chi connectivity index (χ2n) is 6.41. The fourth-order valence-corrected chi connectivity index (χ4v) is 3.63. The molecule has 1 N–H and O–H groups in total. The van der Waals surface area contributed by atoms with Crippen molar-refractivity contribution in [1.82, 2.24) is 4.90 Å². The summed E-state index contributed by atoms with van der Waals surface area (Å²) in [5, 5.41) is 2.18. The molecule has 0 atom stereocenters. The highest BCUT2D eigenvalue weighted by Crippen LogP contribution is 2.34. The standard InChI is InChI=1S/C23H22N2O5S/c1-3-13-30-19-8-6-5-7-16(19)14-20-22(27)25(23(28)31-20)15-21(26)24-17-9-11-18(12-10-17)29-4-2/h3,5-12,14H,1,4,13,15H2,2H3,(H,24,26)/b20-14-. The number of carbonyl (C=O) groups is 3. The third-order valence-corrected chi connectivity index (χ3v) is 5.09. The molecule has 31 heavy (non-hydrogen) atoms. The van der Waals surface area contributed by atoms with E-state index in [0.29, 0.717) is 36.0 Å². The van der Waals surface area contributed by atoms with E-state index < -0.39 is 17.1 Å². The van der Waals surface area contributed by atoms with Gasteiger partial charge in [-0.05, 0) is 55.1 Å². The molecule has 3 rings (SSSR count). The van der Waals surface area contributed by atoms with Gasteiger partial charge in [-0.3, -0.25) is 19.3 Å². The zero-order chi connectivity index (χ0) is 22.2. The van der Waals surface area contributed by atoms with Crippen molar-refractivity contribution in [2.45, 2.75) is 6.92 Å². The predicted octanol–water partition coefficient (Wildman–Crippen LogP) is 4.33. The van der Waals surface area contributed by atoms with E-state index >= 15 is 0 Å². The molecule has 0 bridgehead atoms. The van der Waals surface area contributed by atoms with Crippen molar-refractivity contribution in [2.24, 2.45) is 0 Å². The molecule has 1 saturated heterocycles. The smallest absolute Gasteiger partial charge is 0.294 e. The van der Waals surface area contributed by atoms with Crippen molar-refractivity contribution in [3.05, 3.63) is 71.7 Å². The maximum atomic E-state index is 12.7. The highest BCUT2D eigenvalue weighted by molar-refractivity contribution is 8.18. The number of benzene rings is 2. The molecular weight excluding hydrogens is 416 g/mol. The van der Waals surface area contributed by atoms with Crippen LogP contribution in [-0.4, -0.2) is 41.7 Å². The lowest BCUT2D eigenvalue weighted by Gasteiger charge is -2.13. The van der Waals surface area contributed by atoms with E-state index in [9.17, 15) is 14.4 Å². The fourth-order valence-electron chi connectivity index (χ4n) is 2.80. The number of thioether (sulfide) groups is 1. The van der Waals surface area contributed by atoms with E-state index in [1.54, 1.807) is 54.6 Å². The quantitative estimate of drug-likeness (QED) is 0.464. The first kappa shape index (κ1) is 22.2. The SMILES string of the molecule is C=CCOc1ccccc1/C=C1\SC(=O)N(CC(=O)Nc2ccc(OCC)cc2)C1=O. The molecule has 3 amide bonds. The molecule has 1 aliphatic rings. The van der Waals surface area contributed by atoms with Crippen LogP contribution in [0.15, 0.2) is 66.1 Å². The number of nitrogens with zero attached hydrogens (tertiary/aromatic N) is 1. The number of nitrogens with one attached hydrogen (secondary N) is 1. The Morgan fingerprint density at radius 1 is 1.13 bits per heavy atom. The molecule has 160 valence electrons. The topological polar surface area (TPSA) is 84.9 Å². The number of hydrogen-bond acceptors (Lipinski definition) is 6. The molecule has 0 radical (unpaired) electrons. The summed E-state index contributed by atoms with van der Waals surface area (Å²) < 4.78 is 10.9. The van der Waals surface area contributed by atoms with Crippen molar-refractivity contribution >= 4 is 40.6 Å². The van der Waals surface area contributed by atoms with Crippen molar-refractivity contribution in [2.75, 3.05) is 25.1 Å². The van der Waals surface area contributed by atoms with Crippen LogP contribution < -0.4 is 14.8 Å². The number of para-hydroxylation sites is 1. The van der Waals surface area contributed by atoms with E-state index in [1.165, 1.54) is 0 Å². The summed E-state index contributed by atoms with van der Waals surface area (Å²) >= 11 is 0.791. The maximum absolute atomic E-state index is 12.7. The van der Waals surface area contributed by atoms with Crippen LogP contribution in [0.5, 0.6) is 11.5 Å². The minimum Gasteiger partial charge on any atom is -0.494 e. The van der Waals surface area contributed by atoms with Crippen molar-refractivity contribution < 1.29 is 23.9 Å². The summed E-state index contributed by atoms with van der Waals surface area (Å²) in [4.78, 5) is 38.6. The number of ether oxygens (including phenoxy) is 2. The van der Waals surface area contributed by atoms with Crippen LogP contribution >= 0.6 is 11.8 Å². The molecule has 0 unspecified atom stereocenters. The highest BCUT2D eigenvalue weighted by Gasteiger charge is 2.36. The monoisotopic (exact) mass is 438 g/mol. The van der Waals surface area contributed by atoms with Crippen LogP contribution in [0.25, 0.3) is 6.08 Å². The molecule has 0 spiro atoms. The van der Waals surface area contributed by atoms with Gasteiger partial charge in [-0.15, -0.1) is 0 Å². The van der Waals surface area contributed by atoms with Crippen LogP contribution in [-0.2, 0) is 9.59 Å². The average Bonchev–Trinajstić information content (AvgIpc) is 3.02. The van der Waals surface area contributed by atoms with Gasteiger partial charge in [-0.25, -0.2) is 0 Å². The van der Waals surface area contributed by atoms with Gasteiger partial charge in [0.2, 0.25) is 5.91 Å². The average molecular weight is 439 g/mol. The van der Waals surface area contributed by atoms with Gasteiger partial charge in [0, 0.05) is 11.3 Å². The third kappa shape index (κ3) is 5.76. The Morgan fingerprint density at radius 3 is 2.58 bits per heavy atom. The largest absolute Gasteiger partial charge is 0.494 e. The Kier molecular flexibility index (Phi) is 7.50. The molecule has 0 aromatic heterocycles. The van der Waals surface area contributed by atoms with Gasteiger partial charge in [0.1, 0.15) is 24.7 Å². The summed E-state index contributed by atoms with van der Waals surface area (Å²) in [7, 11) is 0. The van der Waals surface area contributed by atoms with Gasteiger partial charge < -0.3 is 14.8 Å². The second-order valence-corrected chi connectivity index (χ2v) is 7.40. The molecule has 1 aliphatic heterocycles. The Labute approximate surface area is 184 Å². The summed E-state index contributed by atoms with van der Waals surface area (Å²) in [5.41, 5.74) is 1.21. The molecular formula is C23H22N2O5S. The number of anilines is 1. The van der Waals surface area contributed by atoms with Crippen molar-refractivity contribution in [3.63, 3.8) is 0 Å². The summed E-state index contributed by atoms with van der Waals surface area (Å²) in [6.45, 7) is 5.99. The van der Waals surface area contributed by atoms with E-state index in [2.05, 4.69) is 11.9 Å². The lowest BCUT2D eigenvalue weighted by atomic mass is 10.2. The molecule has 1 heterocycles. The third-order valence-electron chi connectivity index (χ3n) is 4.19. The van der Waals surface area contributed by atoms with Gasteiger partial charge in [-0.2, -0.15) is 0 Å². The summed E-state index contributed by atoms with van der Waals surface area (Å²) in [6.07, 6.45) is 3.21. The molecule has 7 nitrogen and oxygen atoms in total. The van der Waals surface area contributed by atoms with Crippen LogP contribution in [0.4, 0.5) is 10.5 Å². The number of hydrogen-bond donors (Lipinski definition) is 1. The molecule has 2 aromatic carbocycles. The van der Waals surface area contributed by atoms with E-state index in [0.717, 1.165) is 16.7 Å². The van der Waals surface area contributed by atoms with Crippen molar-refractivity contribution in [3.8, 4) is 11.5 Å². The number of amides is 3. The molecule has 1 fully saturated rings. The Morgan fingerprint density at radius 2 is 1.87 bits per heavy atom. The lowest BCUT2D eigenvalue weighted by molar-refractivity contribution is -0.127. The van der Waals surface area contributed by atoms with Crippen LogP contribution in [0.2, 0.25) is 0 Å². The second kappa shape index (κ2) is 10.5. The lowest BCUT2D eigenvalue weighted by Crippen LogP contribution is -2.36. The Hall–Kier alpha value is -3.52. The fraction of sp³-hybridized carbons (Fsp3) is 0.174. The molecule has 0 saturated carbocycles. The number of rotatable bonds is 9. The first-order valence-electron chi connectivity index (χ1n) is 9.62. The first-order valence-corrected chi connectivity index (χ1v) is 10.4. The minimum atomic E-state index is -0.518. The summed E-state index contributed by atoms with van der Waals surface area (Å²) in [5.74, 6) is 0.272. The normalized spacial score (nSPS) is 14.6. The Bertz CT molecular complexity index is 1020. The molecule has 2 aromatic rings. The van der Waals surface area contributed by atoms with Crippen LogP contribution in [0, 0.1) is 0 Å². The molecule has 0 aliphatic carbocycles. The summed E-state index contributed by atoms with van der Waals surface area (Å²) in [6, 6.07) is 14.0. The van der Waals surface area contributed by atoms with Crippen molar-refractivity contribution in [1.29, 1.82) is 0 Å². The first-order chi connectivity index (χ1) is 15.0. The van der Waals surface area contributed by atoms with E-state index in [-0.39, 0.29) is 11.4 Å². The number of carbonyl (C=O) groups excluding carboxylic acids is 3. The maximum Gasteiger partial charge on any atom is 0.294 e. The predicted molar refractivity (Wildman–Crippen MR) is 121 cm³/mol. The molecule has 8 heteroatoms. The minimum absolute atomic E-state index is 0.230. The Balaban J connectivity index is 1.67. The zero-order valence-corrected chi connectivity index (χ0v) is 17.8. The zero-order valence-electron chi connectivity index (χ0n) is 17.0. The van der Waals surface area contributed by atoms with Gasteiger partial charge in [0.15, 0.2) is 0 Å². The number of imide groups is 1. The van der Waals surface area contributed by atoms with Gasteiger partial charge in [-0.1, -0.05) is 30.9 Å². The van der Waals surface area contributed by atoms with Gasteiger partial charge >= 0.3 is 0 Å². The van der Waals surface area contributed by atoms with Crippen LogP contribution in [0.1, 0.15) is 12.5 Å².